The minimum Gasteiger partial charge on any atom is -0.508 e. The van der Waals surface area contributed by atoms with Crippen molar-refractivity contribution in [2.75, 3.05) is 32.9 Å². The van der Waals surface area contributed by atoms with Crippen LogP contribution in [0.2, 0.25) is 0 Å². The lowest BCUT2D eigenvalue weighted by molar-refractivity contribution is 0.228. The Labute approximate surface area is 209 Å². The third-order valence-corrected chi connectivity index (χ3v) is 6.99. The van der Waals surface area contributed by atoms with Crippen molar-refractivity contribution in [3.63, 3.8) is 0 Å². The fourth-order valence-corrected chi connectivity index (χ4v) is 5.00. The minimum absolute atomic E-state index is 0.0963. The van der Waals surface area contributed by atoms with Gasteiger partial charge < -0.3 is 19.7 Å². The van der Waals surface area contributed by atoms with E-state index in [-0.39, 0.29) is 18.3 Å². The second-order valence-corrected chi connectivity index (χ2v) is 9.41. The van der Waals surface area contributed by atoms with Crippen LogP contribution in [0, 0.1) is 11.7 Å². The van der Waals surface area contributed by atoms with Gasteiger partial charge in [0.05, 0.1) is 6.67 Å². The van der Waals surface area contributed by atoms with Crippen LogP contribution in [0.15, 0.2) is 60.7 Å². The van der Waals surface area contributed by atoms with Gasteiger partial charge in [0.2, 0.25) is 0 Å². The highest BCUT2D eigenvalue weighted by Crippen LogP contribution is 2.47. The number of hydrogen-bond donors (Lipinski definition) is 2. The summed E-state index contributed by atoms with van der Waals surface area (Å²) in [6.07, 6.45) is 0.341. The number of halogens is 2. The highest BCUT2D eigenvalue weighted by atomic mass is 19.1. The molecule has 3 aromatic rings. The first-order valence-electron chi connectivity index (χ1n) is 12.1. The number of aromatic hydroxyl groups is 2. The van der Waals surface area contributed by atoms with Crippen LogP contribution in [0.4, 0.5) is 8.78 Å². The van der Waals surface area contributed by atoms with Crippen LogP contribution in [-0.2, 0) is 0 Å². The van der Waals surface area contributed by atoms with E-state index in [4.69, 9.17) is 9.47 Å². The number of hydrogen-bond acceptors (Lipinski definition) is 5. The summed E-state index contributed by atoms with van der Waals surface area (Å²) in [7, 11) is 0. The molecular weight excluding hydrogens is 464 g/mol. The van der Waals surface area contributed by atoms with Crippen molar-refractivity contribution in [3.05, 3.63) is 83.2 Å². The topological polar surface area (TPSA) is 62.2 Å². The third kappa shape index (κ3) is 4.88. The highest BCUT2D eigenvalue weighted by molar-refractivity contribution is 5.95. The molecule has 2 heterocycles. The Morgan fingerprint density at radius 1 is 1.06 bits per heavy atom. The summed E-state index contributed by atoms with van der Waals surface area (Å²) in [6, 6.07) is 16.8. The lowest BCUT2D eigenvalue weighted by atomic mass is 9.86. The predicted octanol–water partition coefficient (Wildman–Crippen LogP) is 5.97. The van der Waals surface area contributed by atoms with Gasteiger partial charge in [-0.05, 0) is 73.0 Å². The number of ether oxygens (including phenoxy) is 2. The Hall–Kier alpha value is -3.58. The maximum absolute atomic E-state index is 14.3. The summed E-state index contributed by atoms with van der Waals surface area (Å²) in [5.41, 5.74) is 3.92. The zero-order valence-corrected chi connectivity index (χ0v) is 20.1. The van der Waals surface area contributed by atoms with Crippen LogP contribution in [0.3, 0.4) is 0 Å². The van der Waals surface area contributed by atoms with Gasteiger partial charge in [-0.1, -0.05) is 18.2 Å². The number of nitrogens with zero attached hydrogens (tertiary/aromatic N) is 1. The molecule has 2 aliphatic rings. The van der Waals surface area contributed by atoms with Gasteiger partial charge in [0.15, 0.2) is 11.6 Å². The van der Waals surface area contributed by atoms with Gasteiger partial charge in [-0.3, -0.25) is 9.29 Å². The second-order valence-electron chi connectivity index (χ2n) is 9.41. The molecule has 0 spiro atoms. The molecule has 2 unspecified atom stereocenters. The summed E-state index contributed by atoms with van der Waals surface area (Å²) in [5, 5.41) is 19.7. The molecule has 0 saturated carbocycles. The van der Waals surface area contributed by atoms with Crippen LogP contribution in [0.5, 0.6) is 23.0 Å². The van der Waals surface area contributed by atoms with Crippen molar-refractivity contribution in [1.82, 2.24) is 4.90 Å². The van der Waals surface area contributed by atoms with E-state index >= 15 is 0 Å². The Morgan fingerprint density at radius 3 is 2.58 bits per heavy atom. The average molecular weight is 494 g/mol. The first-order valence-corrected chi connectivity index (χ1v) is 12.1. The summed E-state index contributed by atoms with van der Waals surface area (Å²) >= 11 is 0. The maximum atomic E-state index is 14.3. The van der Waals surface area contributed by atoms with E-state index < -0.39 is 17.7 Å². The van der Waals surface area contributed by atoms with Gasteiger partial charge in [-0.2, -0.15) is 0 Å². The van der Waals surface area contributed by atoms with E-state index in [0.29, 0.717) is 23.7 Å². The van der Waals surface area contributed by atoms with Crippen molar-refractivity contribution in [3.8, 4) is 23.0 Å². The lowest BCUT2D eigenvalue weighted by Crippen LogP contribution is -2.26. The first-order chi connectivity index (χ1) is 17.4. The number of likely N-dealkylation sites (tertiary alicyclic amines) is 1. The van der Waals surface area contributed by atoms with Gasteiger partial charge in [0, 0.05) is 36.2 Å². The number of allylic oxidation sites excluding steroid dienone is 1. The number of phenols is 2. The molecule has 36 heavy (non-hydrogen) atoms. The van der Waals surface area contributed by atoms with E-state index in [9.17, 15) is 19.0 Å². The Kier molecular flexibility index (Phi) is 6.83. The normalized spacial score (nSPS) is 19.8. The molecule has 0 aromatic heterocycles. The fourth-order valence-electron chi connectivity index (χ4n) is 5.00. The molecule has 2 aliphatic heterocycles. The molecular formula is C29H29F2NO4. The Balaban J connectivity index is 1.38. The molecule has 0 amide bonds. The molecule has 2 atom stereocenters. The third-order valence-electron chi connectivity index (χ3n) is 6.99. The molecule has 3 aromatic carbocycles. The van der Waals surface area contributed by atoms with E-state index in [1.807, 2.05) is 31.2 Å². The standard InChI is InChI=1S/C29H29F2NO4/c1-18-24-8-5-22(33)15-27(24)36-29(28(18)21-4-9-26(34)25(31)14-21)20-2-6-23(7-3-20)35-13-12-32-11-10-19(16-30)17-32/h2-9,14-15,19,29,33-34H,10-13,16-17H2,1H3. The van der Waals surface area contributed by atoms with Crippen LogP contribution >= 0.6 is 0 Å². The molecule has 1 saturated heterocycles. The van der Waals surface area contributed by atoms with E-state index in [1.54, 1.807) is 24.3 Å². The Morgan fingerprint density at radius 2 is 1.86 bits per heavy atom. The molecule has 7 heteroatoms. The van der Waals surface area contributed by atoms with Gasteiger partial charge in [0.1, 0.15) is 30.0 Å². The highest BCUT2D eigenvalue weighted by Gasteiger charge is 2.30. The molecule has 2 N–H and O–H groups in total. The fraction of sp³-hybridized carbons (Fsp3) is 0.310. The molecule has 188 valence electrons. The summed E-state index contributed by atoms with van der Waals surface area (Å²) in [5.74, 6) is 0.372. The zero-order chi connectivity index (χ0) is 25.2. The van der Waals surface area contributed by atoms with Crippen molar-refractivity contribution < 1.29 is 28.5 Å². The van der Waals surface area contributed by atoms with Crippen LogP contribution in [0.25, 0.3) is 11.1 Å². The number of fused-ring (bicyclic) bond motifs is 1. The Bertz CT molecular complexity index is 1270. The predicted molar refractivity (Wildman–Crippen MR) is 134 cm³/mol. The van der Waals surface area contributed by atoms with Crippen molar-refractivity contribution in [2.24, 2.45) is 5.92 Å². The molecule has 0 aliphatic carbocycles. The average Bonchev–Trinajstić information content (AvgIpc) is 3.34. The summed E-state index contributed by atoms with van der Waals surface area (Å²) < 4.78 is 39.4. The summed E-state index contributed by atoms with van der Waals surface area (Å²) in [4.78, 5) is 2.22. The quantitative estimate of drug-likeness (QED) is 0.425. The number of alkyl halides is 1. The van der Waals surface area contributed by atoms with Crippen molar-refractivity contribution in [2.45, 2.75) is 19.4 Å². The van der Waals surface area contributed by atoms with Crippen molar-refractivity contribution in [1.29, 1.82) is 0 Å². The van der Waals surface area contributed by atoms with Gasteiger partial charge in [-0.15, -0.1) is 0 Å². The van der Waals surface area contributed by atoms with Crippen LogP contribution < -0.4 is 9.47 Å². The molecule has 0 bridgehead atoms. The van der Waals surface area contributed by atoms with Crippen LogP contribution in [0.1, 0.15) is 36.1 Å². The number of phenolic OH excluding ortho intramolecular Hbond substituents is 2. The monoisotopic (exact) mass is 493 g/mol. The van der Waals surface area contributed by atoms with E-state index in [2.05, 4.69) is 4.90 Å². The molecule has 1 fully saturated rings. The summed E-state index contributed by atoms with van der Waals surface area (Å²) in [6.45, 7) is 4.62. The smallest absolute Gasteiger partial charge is 0.165 e. The van der Waals surface area contributed by atoms with Crippen LogP contribution in [-0.4, -0.2) is 48.0 Å². The number of rotatable bonds is 7. The lowest BCUT2D eigenvalue weighted by Gasteiger charge is -2.31. The SMILES string of the molecule is CC1=C(c2ccc(O)c(F)c2)C(c2ccc(OCCN3CCC(CF)C3)cc2)Oc2cc(O)ccc21. The van der Waals surface area contributed by atoms with Gasteiger partial charge >= 0.3 is 0 Å². The largest absolute Gasteiger partial charge is 0.508 e. The molecule has 5 nitrogen and oxygen atoms in total. The van der Waals surface area contributed by atoms with E-state index in [1.165, 1.54) is 12.1 Å². The van der Waals surface area contributed by atoms with E-state index in [0.717, 1.165) is 48.3 Å². The van der Waals surface area contributed by atoms with Gasteiger partial charge in [0.25, 0.3) is 0 Å². The van der Waals surface area contributed by atoms with Crippen molar-refractivity contribution >= 4 is 11.1 Å². The van der Waals surface area contributed by atoms with Gasteiger partial charge in [-0.25, -0.2) is 4.39 Å². The zero-order valence-electron chi connectivity index (χ0n) is 20.1. The number of benzene rings is 3. The molecule has 5 rings (SSSR count). The minimum atomic E-state index is -0.706. The first kappa shape index (κ1) is 24.1. The second kappa shape index (κ2) is 10.2. The maximum Gasteiger partial charge on any atom is 0.165 e. The molecule has 0 radical (unpaired) electrons.